The number of hydrogen-bond acceptors (Lipinski definition) is 3. The number of nitrogens with zero attached hydrogens (tertiary/aromatic N) is 1. The molecule has 0 fully saturated rings. The molecule has 0 N–H and O–H groups in total. The van der Waals surface area contributed by atoms with Gasteiger partial charge in [0.25, 0.3) is 0 Å². The molecule has 0 rings (SSSR count). The van der Waals surface area contributed by atoms with Gasteiger partial charge in [-0.3, -0.25) is 4.79 Å². The van der Waals surface area contributed by atoms with Crippen molar-refractivity contribution in [3.05, 3.63) is 0 Å². The molecule has 0 aromatic rings. The number of carbonyl (C=O) groups excluding carboxylic acids is 1. The van der Waals surface area contributed by atoms with Crippen molar-refractivity contribution in [1.82, 2.24) is 4.57 Å². The first kappa shape index (κ1) is 20.6. The molecule has 0 heterocycles. The van der Waals surface area contributed by atoms with Crippen molar-refractivity contribution in [2.45, 2.75) is 90.2 Å². The normalized spacial score (nSPS) is 12.5. The molecule has 3 nitrogen and oxygen atoms in total. The summed E-state index contributed by atoms with van der Waals surface area (Å²) in [6.45, 7) is 5.77. The highest BCUT2D eigenvalue weighted by molar-refractivity contribution is 6.31. The molecule has 0 bridgehead atoms. The van der Waals surface area contributed by atoms with E-state index in [0.29, 0.717) is 6.42 Å². The average molecular weight is 316 g/mol. The van der Waals surface area contributed by atoms with Gasteiger partial charge in [-0.15, -0.1) is 0 Å². The van der Waals surface area contributed by atoms with E-state index in [1.807, 2.05) is 20.8 Å². The first-order valence-corrected chi connectivity index (χ1v) is 10.3. The SMILES string of the molecule is CN(C)[SiH2]CCCCCCCCCCC(=O)OC(C)(C)C. The van der Waals surface area contributed by atoms with Crippen LogP contribution in [0.4, 0.5) is 0 Å². The molecule has 0 aliphatic heterocycles. The predicted octanol–water partition coefficient (Wildman–Crippen LogP) is 3.90. The highest BCUT2D eigenvalue weighted by atomic mass is 28.2. The number of ether oxygens (including phenoxy) is 1. The molecular weight excluding hydrogens is 278 g/mol. The molecule has 0 unspecified atom stereocenters. The quantitative estimate of drug-likeness (QED) is 0.311. The van der Waals surface area contributed by atoms with E-state index in [-0.39, 0.29) is 21.3 Å². The van der Waals surface area contributed by atoms with Crippen LogP contribution in [0.5, 0.6) is 0 Å². The van der Waals surface area contributed by atoms with E-state index in [1.54, 1.807) is 0 Å². The second-order valence-corrected chi connectivity index (χ2v) is 9.74. The zero-order chi connectivity index (χ0) is 16.1. The van der Waals surface area contributed by atoms with Gasteiger partial charge in [-0.1, -0.05) is 44.9 Å². The standard InChI is InChI=1S/C17H37NO2Si/c1-17(2,3)20-16(19)14-12-10-8-6-7-9-11-13-15-21-18(4)5/h6-15,21H2,1-5H3. The van der Waals surface area contributed by atoms with Gasteiger partial charge in [0.05, 0.1) is 9.68 Å². The number of carbonyl (C=O) groups is 1. The Morgan fingerprint density at radius 2 is 1.38 bits per heavy atom. The number of unbranched alkanes of at least 4 members (excludes halogenated alkanes) is 7. The molecule has 0 aromatic carbocycles. The Labute approximate surface area is 134 Å². The molecule has 4 heteroatoms. The lowest BCUT2D eigenvalue weighted by Crippen LogP contribution is -2.23. The number of rotatable bonds is 12. The van der Waals surface area contributed by atoms with Gasteiger partial charge in [-0.2, -0.15) is 0 Å². The van der Waals surface area contributed by atoms with Gasteiger partial charge in [-0.05, 0) is 47.3 Å². The smallest absolute Gasteiger partial charge is 0.306 e. The Balaban J connectivity index is 3.21. The molecule has 0 saturated carbocycles. The molecule has 0 spiro atoms. The summed E-state index contributed by atoms with van der Waals surface area (Å²) in [6, 6.07) is 1.46. The largest absolute Gasteiger partial charge is 0.460 e. The summed E-state index contributed by atoms with van der Waals surface area (Å²) in [5.41, 5.74) is -0.341. The van der Waals surface area contributed by atoms with Crippen molar-refractivity contribution in [1.29, 1.82) is 0 Å². The monoisotopic (exact) mass is 315 g/mol. The fraction of sp³-hybridized carbons (Fsp3) is 0.941. The van der Waals surface area contributed by atoms with Crippen LogP contribution < -0.4 is 0 Å². The van der Waals surface area contributed by atoms with Crippen LogP contribution in [-0.2, 0) is 9.53 Å². The Hall–Kier alpha value is -0.353. The predicted molar refractivity (Wildman–Crippen MR) is 94.4 cm³/mol. The maximum Gasteiger partial charge on any atom is 0.306 e. The Morgan fingerprint density at radius 3 is 1.86 bits per heavy atom. The van der Waals surface area contributed by atoms with E-state index in [1.165, 1.54) is 44.6 Å². The topological polar surface area (TPSA) is 29.5 Å². The van der Waals surface area contributed by atoms with Crippen LogP contribution in [0.3, 0.4) is 0 Å². The Bertz CT molecular complexity index is 262. The van der Waals surface area contributed by atoms with Crippen LogP contribution in [0.25, 0.3) is 0 Å². The molecule has 126 valence electrons. The Morgan fingerprint density at radius 1 is 0.905 bits per heavy atom. The van der Waals surface area contributed by atoms with Crippen molar-refractivity contribution >= 4 is 15.7 Å². The minimum absolute atomic E-state index is 0.0486. The second kappa shape index (κ2) is 12.2. The molecular formula is C17H37NO2Si. The van der Waals surface area contributed by atoms with Crippen LogP contribution >= 0.6 is 0 Å². The highest BCUT2D eigenvalue weighted by Crippen LogP contribution is 2.13. The summed E-state index contributed by atoms with van der Waals surface area (Å²) < 4.78 is 7.69. The minimum atomic E-state index is -0.341. The fourth-order valence-electron chi connectivity index (χ4n) is 2.33. The van der Waals surface area contributed by atoms with Crippen LogP contribution in [0.1, 0.15) is 78.6 Å². The van der Waals surface area contributed by atoms with Crippen molar-refractivity contribution in [3.8, 4) is 0 Å². The van der Waals surface area contributed by atoms with E-state index in [0.717, 1.165) is 12.8 Å². The first-order valence-electron chi connectivity index (χ1n) is 8.68. The third-order valence-corrected chi connectivity index (χ3v) is 5.12. The van der Waals surface area contributed by atoms with E-state index in [4.69, 9.17) is 4.74 Å². The summed E-state index contributed by atoms with van der Waals surface area (Å²) in [4.78, 5) is 11.5. The van der Waals surface area contributed by atoms with Gasteiger partial charge in [0.15, 0.2) is 0 Å². The molecule has 0 aromatic heterocycles. The summed E-state index contributed by atoms with van der Waals surface area (Å²) in [7, 11) is 4.46. The average Bonchev–Trinajstić information content (AvgIpc) is 2.33. The molecule has 0 aliphatic rings. The maximum absolute atomic E-state index is 11.5. The highest BCUT2D eigenvalue weighted by Gasteiger charge is 2.15. The molecule has 0 saturated heterocycles. The summed E-state index contributed by atoms with van der Waals surface area (Å²) in [5, 5.41) is 0. The van der Waals surface area contributed by atoms with Gasteiger partial charge in [0.2, 0.25) is 0 Å². The Kier molecular flexibility index (Phi) is 12.0. The molecule has 0 aliphatic carbocycles. The summed E-state index contributed by atoms with van der Waals surface area (Å²) >= 11 is 0. The van der Waals surface area contributed by atoms with Gasteiger partial charge in [0, 0.05) is 6.42 Å². The van der Waals surface area contributed by atoms with Gasteiger partial charge in [0.1, 0.15) is 5.60 Å². The van der Waals surface area contributed by atoms with Gasteiger partial charge < -0.3 is 9.30 Å². The van der Waals surface area contributed by atoms with E-state index < -0.39 is 0 Å². The lowest BCUT2D eigenvalue weighted by molar-refractivity contribution is -0.154. The third-order valence-electron chi connectivity index (χ3n) is 3.41. The fourth-order valence-corrected chi connectivity index (χ4v) is 3.54. The summed E-state index contributed by atoms with van der Waals surface area (Å²) in [6.07, 6.45) is 10.9. The molecule has 0 amide bonds. The van der Waals surface area contributed by atoms with Crippen LogP contribution in [0.2, 0.25) is 6.04 Å². The van der Waals surface area contributed by atoms with Gasteiger partial charge >= 0.3 is 5.97 Å². The third kappa shape index (κ3) is 17.6. The molecule has 21 heavy (non-hydrogen) atoms. The van der Waals surface area contributed by atoms with E-state index >= 15 is 0 Å². The number of esters is 1. The lowest BCUT2D eigenvalue weighted by Gasteiger charge is -2.19. The van der Waals surface area contributed by atoms with E-state index in [9.17, 15) is 4.79 Å². The molecule has 0 atom stereocenters. The summed E-state index contributed by atoms with van der Waals surface area (Å²) in [5.74, 6) is -0.0486. The van der Waals surface area contributed by atoms with Crippen LogP contribution in [0, 0.1) is 0 Å². The van der Waals surface area contributed by atoms with Gasteiger partial charge in [-0.25, -0.2) is 0 Å². The van der Waals surface area contributed by atoms with Crippen molar-refractivity contribution < 1.29 is 9.53 Å². The zero-order valence-electron chi connectivity index (χ0n) is 15.0. The molecule has 0 radical (unpaired) electrons. The van der Waals surface area contributed by atoms with Crippen LogP contribution in [-0.4, -0.2) is 39.9 Å². The van der Waals surface area contributed by atoms with Crippen LogP contribution in [0.15, 0.2) is 0 Å². The minimum Gasteiger partial charge on any atom is -0.460 e. The zero-order valence-corrected chi connectivity index (χ0v) is 16.5. The van der Waals surface area contributed by atoms with Crippen molar-refractivity contribution in [3.63, 3.8) is 0 Å². The maximum atomic E-state index is 11.5. The first-order chi connectivity index (χ1) is 9.81. The van der Waals surface area contributed by atoms with Crippen molar-refractivity contribution in [2.24, 2.45) is 0 Å². The second-order valence-electron chi connectivity index (χ2n) is 7.32. The van der Waals surface area contributed by atoms with Crippen molar-refractivity contribution in [2.75, 3.05) is 14.1 Å². The number of hydrogen-bond donors (Lipinski definition) is 0. The van der Waals surface area contributed by atoms with E-state index in [2.05, 4.69) is 18.7 Å². The lowest BCUT2D eigenvalue weighted by atomic mass is 10.1.